The van der Waals surface area contributed by atoms with Crippen LogP contribution in [0, 0.1) is 11.2 Å². The van der Waals surface area contributed by atoms with Gasteiger partial charge in [0.1, 0.15) is 11.7 Å². The standard InChI is InChI=1S/C12H16FN3/c13-11-6-9(5-10(7-11)12(14)15)8-16-3-1-2-4-16/h5-7H,1-4,8H2,(H3,14,15). The smallest absolute Gasteiger partial charge is 0.124 e. The second-order valence-corrected chi connectivity index (χ2v) is 4.25. The molecule has 1 aromatic rings. The van der Waals surface area contributed by atoms with Crippen LogP contribution in [0.5, 0.6) is 0 Å². The van der Waals surface area contributed by atoms with E-state index in [1.54, 1.807) is 6.07 Å². The molecular formula is C12H16FN3. The number of hydrogen-bond acceptors (Lipinski definition) is 2. The highest BCUT2D eigenvalue weighted by molar-refractivity contribution is 5.95. The zero-order valence-corrected chi connectivity index (χ0v) is 9.17. The molecule has 86 valence electrons. The number of rotatable bonds is 3. The monoisotopic (exact) mass is 221 g/mol. The van der Waals surface area contributed by atoms with Gasteiger partial charge in [-0.05, 0) is 49.7 Å². The van der Waals surface area contributed by atoms with Gasteiger partial charge < -0.3 is 5.73 Å². The van der Waals surface area contributed by atoms with Gasteiger partial charge in [-0.3, -0.25) is 10.3 Å². The molecule has 0 saturated carbocycles. The second-order valence-electron chi connectivity index (χ2n) is 4.25. The summed E-state index contributed by atoms with van der Waals surface area (Å²) in [5.74, 6) is -0.399. The van der Waals surface area contributed by atoms with Gasteiger partial charge in [0.15, 0.2) is 0 Å². The number of amidine groups is 1. The van der Waals surface area contributed by atoms with Crippen molar-refractivity contribution in [2.24, 2.45) is 5.73 Å². The molecular weight excluding hydrogens is 205 g/mol. The Kier molecular flexibility index (Phi) is 3.19. The van der Waals surface area contributed by atoms with E-state index < -0.39 is 0 Å². The topological polar surface area (TPSA) is 53.1 Å². The summed E-state index contributed by atoms with van der Waals surface area (Å²) in [5.41, 5.74) is 6.73. The summed E-state index contributed by atoms with van der Waals surface area (Å²) in [4.78, 5) is 2.29. The van der Waals surface area contributed by atoms with E-state index in [2.05, 4.69) is 4.90 Å². The lowest BCUT2D eigenvalue weighted by molar-refractivity contribution is 0.331. The highest BCUT2D eigenvalue weighted by Crippen LogP contribution is 2.15. The first-order valence-corrected chi connectivity index (χ1v) is 5.51. The number of nitrogens with one attached hydrogen (secondary N) is 1. The van der Waals surface area contributed by atoms with Crippen molar-refractivity contribution in [1.82, 2.24) is 4.90 Å². The Balaban J connectivity index is 2.16. The third-order valence-electron chi connectivity index (χ3n) is 2.87. The molecule has 0 spiro atoms. The van der Waals surface area contributed by atoms with Crippen LogP contribution in [0.3, 0.4) is 0 Å². The molecule has 3 nitrogen and oxygen atoms in total. The number of hydrogen-bond donors (Lipinski definition) is 2. The number of likely N-dealkylation sites (tertiary alicyclic amines) is 1. The van der Waals surface area contributed by atoms with Crippen molar-refractivity contribution in [3.8, 4) is 0 Å². The molecule has 1 saturated heterocycles. The number of nitrogens with two attached hydrogens (primary N) is 1. The van der Waals surface area contributed by atoms with Crippen molar-refractivity contribution < 1.29 is 4.39 Å². The minimum atomic E-state index is -0.318. The minimum Gasteiger partial charge on any atom is -0.384 e. The predicted molar refractivity (Wildman–Crippen MR) is 61.9 cm³/mol. The van der Waals surface area contributed by atoms with Crippen molar-refractivity contribution in [3.05, 3.63) is 35.1 Å². The zero-order chi connectivity index (χ0) is 11.5. The summed E-state index contributed by atoms with van der Waals surface area (Å²) in [6.07, 6.45) is 2.43. The number of nitrogens with zero attached hydrogens (tertiary/aromatic N) is 1. The minimum absolute atomic E-state index is 0.0813. The maximum Gasteiger partial charge on any atom is 0.124 e. The Morgan fingerprint density at radius 2 is 2.00 bits per heavy atom. The van der Waals surface area contributed by atoms with Gasteiger partial charge in [-0.2, -0.15) is 0 Å². The lowest BCUT2D eigenvalue weighted by Crippen LogP contribution is -2.19. The summed E-state index contributed by atoms with van der Waals surface area (Å²) in [7, 11) is 0. The molecule has 3 N–H and O–H groups in total. The molecule has 1 heterocycles. The fourth-order valence-corrected chi connectivity index (χ4v) is 2.10. The Bertz CT molecular complexity index is 397. The Morgan fingerprint density at radius 3 is 2.62 bits per heavy atom. The van der Waals surface area contributed by atoms with Crippen LogP contribution in [0.25, 0.3) is 0 Å². The molecule has 0 atom stereocenters. The average Bonchev–Trinajstić information content (AvgIpc) is 2.69. The van der Waals surface area contributed by atoms with Crippen LogP contribution in [0.2, 0.25) is 0 Å². The summed E-state index contributed by atoms with van der Waals surface area (Å²) in [5, 5.41) is 7.31. The fraction of sp³-hybridized carbons (Fsp3) is 0.417. The van der Waals surface area contributed by atoms with E-state index in [0.717, 1.165) is 25.2 Å². The van der Waals surface area contributed by atoms with E-state index in [0.29, 0.717) is 5.56 Å². The molecule has 1 aromatic carbocycles. The molecule has 0 amide bonds. The van der Waals surface area contributed by atoms with Crippen LogP contribution >= 0.6 is 0 Å². The summed E-state index contributed by atoms with van der Waals surface area (Å²) in [6, 6.07) is 4.62. The fourth-order valence-electron chi connectivity index (χ4n) is 2.10. The molecule has 0 unspecified atom stereocenters. The van der Waals surface area contributed by atoms with E-state index in [1.165, 1.54) is 25.0 Å². The SMILES string of the molecule is N=C(N)c1cc(F)cc(CN2CCCC2)c1. The third kappa shape index (κ3) is 2.58. The van der Waals surface area contributed by atoms with E-state index in [-0.39, 0.29) is 11.7 Å². The highest BCUT2D eigenvalue weighted by Gasteiger charge is 2.12. The molecule has 0 bridgehead atoms. The van der Waals surface area contributed by atoms with Crippen molar-refractivity contribution in [2.75, 3.05) is 13.1 Å². The van der Waals surface area contributed by atoms with Crippen LogP contribution in [0.15, 0.2) is 18.2 Å². The Labute approximate surface area is 94.6 Å². The number of benzene rings is 1. The first-order chi connectivity index (χ1) is 7.65. The molecule has 0 aromatic heterocycles. The molecule has 0 radical (unpaired) electrons. The van der Waals surface area contributed by atoms with Gasteiger partial charge in [0.05, 0.1) is 0 Å². The van der Waals surface area contributed by atoms with Crippen molar-refractivity contribution in [1.29, 1.82) is 5.41 Å². The zero-order valence-electron chi connectivity index (χ0n) is 9.17. The molecule has 1 aliphatic heterocycles. The second kappa shape index (κ2) is 4.61. The van der Waals surface area contributed by atoms with Gasteiger partial charge in [0, 0.05) is 12.1 Å². The summed E-state index contributed by atoms with van der Waals surface area (Å²) < 4.78 is 13.3. The lowest BCUT2D eigenvalue weighted by atomic mass is 10.1. The first-order valence-electron chi connectivity index (χ1n) is 5.51. The maximum absolute atomic E-state index is 13.3. The molecule has 0 aliphatic carbocycles. The van der Waals surface area contributed by atoms with Crippen LogP contribution in [0.1, 0.15) is 24.0 Å². The van der Waals surface area contributed by atoms with Gasteiger partial charge in [0.2, 0.25) is 0 Å². The van der Waals surface area contributed by atoms with Gasteiger partial charge in [-0.25, -0.2) is 4.39 Å². The maximum atomic E-state index is 13.3. The summed E-state index contributed by atoms with van der Waals surface area (Å²) >= 11 is 0. The van der Waals surface area contributed by atoms with Gasteiger partial charge in [0.25, 0.3) is 0 Å². The largest absolute Gasteiger partial charge is 0.384 e. The molecule has 1 aliphatic rings. The van der Waals surface area contributed by atoms with Crippen LogP contribution in [-0.2, 0) is 6.54 Å². The van der Waals surface area contributed by atoms with Crippen molar-refractivity contribution in [3.63, 3.8) is 0 Å². The van der Waals surface area contributed by atoms with E-state index >= 15 is 0 Å². The van der Waals surface area contributed by atoms with Gasteiger partial charge in [-0.15, -0.1) is 0 Å². The van der Waals surface area contributed by atoms with E-state index in [1.807, 2.05) is 0 Å². The molecule has 1 fully saturated rings. The van der Waals surface area contributed by atoms with Crippen molar-refractivity contribution in [2.45, 2.75) is 19.4 Å². The van der Waals surface area contributed by atoms with Gasteiger partial charge >= 0.3 is 0 Å². The highest BCUT2D eigenvalue weighted by atomic mass is 19.1. The number of nitrogen functional groups attached to an aromatic ring is 1. The summed E-state index contributed by atoms with van der Waals surface area (Å²) in [6.45, 7) is 2.90. The number of halogens is 1. The van der Waals surface area contributed by atoms with Crippen LogP contribution in [-0.4, -0.2) is 23.8 Å². The quantitative estimate of drug-likeness (QED) is 0.603. The van der Waals surface area contributed by atoms with Gasteiger partial charge in [-0.1, -0.05) is 0 Å². The molecule has 16 heavy (non-hydrogen) atoms. The van der Waals surface area contributed by atoms with Crippen molar-refractivity contribution >= 4 is 5.84 Å². The Hall–Kier alpha value is -1.42. The lowest BCUT2D eigenvalue weighted by Gasteiger charge is -2.15. The Morgan fingerprint density at radius 1 is 1.31 bits per heavy atom. The van der Waals surface area contributed by atoms with Crippen LogP contribution in [0.4, 0.5) is 4.39 Å². The van der Waals surface area contributed by atoms with E-state index in [4.69, 9.17) is 11.1 Å². The van der Waals surface area contributed by atoms with E-state index in [9.17, 15) is 4.39 Å². The predicted octanol–water partition coefficient (Wildman–Crippen LogP) is 1.71. The molecule has 2 rings (SSSR count). The third-order valence-corrected chi connectivity index (χ3v) is 2.87. The van der Waals surface area contributed by atoms with Crippen LogP contribution < -0.4 is 5.73 Å². The molecule has 4 heteroatoms. The average molecular weight is 221 g/mol. The first kappa shape index (κ1) is 11.1. The normalized spacial score (nSPS) is 16.6.